The van der Waals surface area contributed by atoms with Crippen molar-refractivity contribution in [2.24, 2.45) is 0 Å². The Balaban J connectivity index is 1.50. The maximum absolute atomic E-state index is 2.35. The van der Waals surface area contributed by atoms with Gasteiger partial charge in [0.1, 0.15) is 0 Å². The Labute approximate surface area is 140 Å². The van der Waals surface area contributed by atoms with Crippen LogP contribution in [0.4, 0.5) is 0 Å². The number of rotatable bonds is 3. The summed E-state index contributed by atoms with van der Waals surface area (Å²) in [6, 6.07) is 21.1. The predicted molar refractivity (Wildman–Crippen MR) is 106 cm³/mol. The molecule has 4 rings (SSSR count). The van der Waals surface area contributed by atoms with Gasteiger partial charge in [-0.15, -0.1) is 0 Å². The van der Waals surface area contributed by atoms with Crippen molar-refractivity contribution >= 4 is 46.0 Å². The molecule has 0 aromatic heterocycles. The van der Waals surface area contributed by atoms with Crippen LogP contribution in [0.5, 0.6) is 0 Å². The Hall–Kier alpha value is -1.42. The van der Waals surface area contributed by atoms with E-state index in [0.29, 0.717) is 0 Å². The topological polar surface area (TPSA) is 0 Å². The van der Waals surface area contributed by atoms with Gasteiger partial charge in [-0.3, -0.25) is 0 Å². The van der Waals surface area contributed by atoms with Crippen LogP contribution in [0.2, 0.25) is 0 Å². The van der Waals surface area contributed by atoms with Gasteiger partial charge in [0, 0.05) is 14.7 Å². The van der Waals surface area contributed by atoms with Crippen LogP contribution in [-0.2, 0) is 0 Å². The molecule has 0 saturated heterocycles. The molecular weight excluding hydrogens is 324 g/mol. The minimum Gasteiger partial charge on any atom is -0.0622 e. The summed E-state index contributed by atoms with van der Waals surface area (Å²) in [7, 11) is 4.19. The molecule has 108 valence electrons. The third-order valence-electron chi connectivity index (χ3n) is 3.39. The molecule has 0 fully saturated rings. The van der Waals surface area contributed by atoms with Gasteiger partial charge in [0.2, 0.25) is 0 Å². The Morgan fingerprint density at radius 1 is 0.727 bits per heavy atom. The van der Waals surface area contributed by atoms with E-state index < -0.39 is 0 Å². The molecule has 2 aromatic carbocycles. The first-order chi connectivity index (χ1) is 10.9. The first-order valence-corrected chi connectivity index (χ1v) is 11.0. The smallest absolute Gasteiger partial charge is 0.0270 e. The van der Waals surface area contributed by atoms with Gasteiger partial charge in [-0.2, -0.15) is 0 Å². The molecule has 3 heteroatoms. The second-order valence-electron chi connectivity index (χ2n) is 4.97. The molecule has 2 aliphatic rings. The summed E-state index contributed by atoms with van der Waals surface area (Å²) in [4.78, 5) is 4.22. The molecule has 0 nitrogen and oxygen atoms in total. The maximum Gasteiger partial charge on any atom is 0.0270 e. The van der Waals surface area contributed by atoms with Crippen LogP contribution in [0.3, 0.4) is 0 Å². The van der Waals surface area contributed by atoms with E-state index in [2.05, 4.69) is 85.0 Å². The van der Waals surface area contributed by atoms with Gasteiger partial charge in [-0.25, -0.2) is 0 Å². The third-order valence-corrected chi connectivity index (χ3v) is 9.69. The molecule has 1 atom stereocenters. The first-order valence-electron chi connectivity index (χ1n) is 7.08. The van der Waals surface area contributed by atoms with Crippen molar-refractivity contribution < 1.29 is 0 Å². The van der Waals surface area contributed by atoms with Crippen LogP contribution in [-0.4, -0.2) is 4.86 Å². The van der Waals surface area contributed by atoms with E-state index in [-0.39, 0.29) is 8.55 Å². The zero-order valence-corrected chi connectivity index (χ0v) is 14.3. The van der Waals surface area contributed by atoms with E-state index in [9.17, 15) is 0 Å². The van der Waals surface area contributed by atoms with E-state index in [1.54, 1.807) is 0 Å². The second kappa shape index (κ2) is 6.37. The van der Waals surface area contributed by atoms with Crippen LogP contribution >= 0.6 is 30.1 Å². The number of allylic oxidation sites excluding steroid dienone is 3. The van der Waals surface area contributed by atoms with Crippen LogP contribution < -0.4 is 0 Å². The fraction of sp³-hybridized carbons (Fsp3) is 0. The summed E-state index contributed by atoms with van der Waals surface area (Å²) in [5.74, 6) is 0. The molecule has 0 saturated carbocycles. The van der Waals surface area contributed by atoms with E-state index >= 15 is 0 Å². The largest absolute Gasteiger partial charge is 0.0622 e. The van der Waals surface area contributed by atoms with Crippen LogP contribution in [0, 0.1) is 0 Å². The van der Waals surface area contributed by atoms with Gasteiger partial charge in [-0.05, 0) is 29.4 Å². The van der Waals surface area contributed by atoms with Gasteiger partial charge >= 0.3 is 0 Å². The minimum absolute atomic E-state index is 0.227. The van der Waals surface area contributed by atoms with Crippen molar-refractivity contribution in [1.82, 2.24) is 0 Å². The molecular formula is C19H14S3. The van der Waals surface area contributed by atoms with Gasteiger partial charge in [0.05, 0.1) is 0 Å². The van der Waals surface area contributed by atoms with Crippen molar-refractivity contribution in [2.75, 3.05) is 0 Å². The highest BCUT2D eigenvalue weighted by Gasteiger charge is 2.22. The lowest BCUT2D eigenvalue weighted by Gasteiger charge is -2.04. The molecule has 0 amide bonds. The number of hydrogen-bond donors (Lipinski definition) is 0. The van der Waals surface area contributed by atoms with Crippen LogP contribution in [0.15, 0.2) is 83.8 Å². The van der Waals surface area contributed by atoms with Crippen LogP contribution in [0.1, 0.15) is 11.1 Å². The highest BCUT2D eigenvalue weighted by atomic mass is 33.5. The second-order valence-corrected chi connectivity index (χ2v) is 10.8. The van der Waals surface area contributed by atoms with Crippen molar-refractivity contribution in [3.05, 3.63) is 94.9 Å². The fourth-order valence-electron chi connectivity index (χ4n) is 2.29. The average Bonchev–Trinajstić information content (AvgIpc) is 3.13. The lowest BCUT2D eigenvalue weighted by Crippen LogP contribution is -1.81. The third kappa shape index (κ3) is 3.02. The highest BCUT2D eigenvalue weighted by Crippen LogP contribution is 2.61. The average molecular weight is 339 g/mol. The molecule has 0 radical (unpaired) electrons. The lowest BCUT2D eigenvalue weighted by molar-refractivity contribution is 1.66. The zero-order chi connectivity index (χ0) is 14.8. The predicted octanol–water partition coefficient (Wildman–Crippen LogP) is 6.39. The quantitative estimate of drug-likeness (QED) is 0.470. The molecule has 0 bridgehead atoms. The van der Waals surface area contributed by atoms with E-state index in [4.69, 9.17) is 0 Å². The first kappa shape index (κ1) is 14.2. The van der Waals surface area contributed by atoms with E-state index in [0.717, 1.165) is 0 Å². The van der Waals surface area contributed by atoms with Crippen molar-refractivity contribution in [3.8, 4) is 0 Å². The monoisotopic (exact) mass is 338 g/mol. The standard InChI is InChI=1S/C19H14S3/c1-3-7-15(8-4-1)11-12-17-13-18-14-19(21-22(18)20-17)16-9-5-2-6-10-16/h1-14H/b12-11+. The summed E-state index contributed by atoms with van der Waals surface area (Å²) < 4.78 is 0. The molecule has 1 unspecified atom stereocenters. The summed E-state index contributed by atoms with van der Waals surface area (Å²) in [6.45, 7) is 0. The summed E-state index contributed by atoms with van der Waals surface area (Å²) in [5.41, 5.74) is 2.58. The summed E-state index contributed by atoms with van der Waals surface area (Å²) >= 11 is 0. The normalized spacial score (nSPS) is 20.2. The molecule has 0 N–H and O–H groups in total. The molecule has 2 aromatic rings. The van der Waals surface area contributed by atoms with E-state index in [1.807, 2.05) is 21.6 Å². The lowest BCUT2D eigenvalue weighted by atomic mass is 10.2. The highest BCUT2D eigenvalue weighted by molar-refractivity contribution is 9.18. The molecule has 2 heterocycles. The summed E-state index contributed by atoms with van der Waals surface area (Å²) in [6.07, 6.45) is 9.10. The Bertz CT molecular complexity index is 812. The van der Waals surface area contributed by atoms with Crippen molar-refractivity contribution in [3.63, 3.8) is 0 Å². The Morgan fingerprint density at radius 3 is 2.18 bits per heavy atom. The molecule has 0 spiro atoms. The SMILES string of the molecule is C1=C(/C=C/c2ccccc2)SS2=C1C=C(c1ccccc1)S2. The van der Waals surface area contributed by atoms with Gasteiger partial charge in [0.15, 0.2) is 0 Å². The van der Waals surface area contributed by atoms with Crippen molar-refractivity contribution in [1.29, 1.82) is 0 Å². The van der Waals surface area contributed by atoms with Gasteiger partial charge in [-0.1, -0.05) is 96.9 Å². The minimum atomic E-state index is 0.227. The van der Waals surface area contributed by atoms with Gasteiger partial charge in [0.25, 0.3) is 0 Å². The Kier molecular flexibility index (Phi) is 4.11. The van der Waals surface area contributed by atoms with Crippen molar-refractivity contribution in [2.45, 2.75) is 0 Å². The Morgan fingerprint density at radius 2 is 1.45 bits per heavy atom. The number of hydrogen-bond acceptors (Lipinski definition) is 2. The number of benzene rings is 2. The maximum atomic E-state index is 2.35. The molecule has 22 heavy (non-hydrogen) atoms. The molecule has 0 aliphatic carbocycles. The molecule has 2 aliphatic heterocycles. The van der Waals surface area contributed by atoms with E-state index in [1.165, 1.54) is 25.8 Å². The zero-order valence-electron chi connectivity index (χ0n) is 11.8. The van der Waals surface area contributed by atoms with Gasteiger partial charge < -0.3 is 0 Å². The summed E-state index contributed by atoms with van der Waals surface area (Å²) in [5, 5.41) is 0. The fourth-order valence-corrected chi connectivity index (χ4v) is 8.83. The van der Waals surface area contributed by atoms with Crippen LogP contribution in [0.25, 0.3) is 11.0 Å².